The molecule has 3 fully saturated rings. The topological polar surface area (TPSA) is 84.5 Å². The number of H-pyrrole nitrogens is 1. The quantitative estimate of drug-likeness (QED) is 0.308. The summed E-state index contributed by atoms with van der Waals surface area (Å²) in [6, 6.07) is 6.37. The van der Waals surface area contributed by atoms with E-state index in [0.29, 0.717) is 53.3 Å². The van der Waals surface area contributed by atoms with Gasteiger partial charge in [-0.2, -0.15) is 10.1 Å². The summed E-state index contributed by atoms with van der Waals surface area (Å²) >= 11 is 0. The van der Waals surface area contributed by atoms with Gasteiger partial charge in [-0.25, -0.2) is 9.37 Å². The molecule has 3 aliphatic rings. The Kier molecular flexibility index (Phi) is 6.88. The number of nitrogens with one attached hydrogen (secondary N) is 1. The number of carbonyl (C=O) groups excluding carboxylic acids is 1. The number of aromatic amines is 1. The van der Waals surface area contributed by atoms with Crippen molar-refractivity contribution in [1.82, 2.24) is 30.0 Å². The second kappa shape index (κ2) is 10.5. The summed E-state index contributed by atoms with van der Waals surface area (Å²) in [5.41, 5.74) is 5.62. The first-order chi connectivity index (χ1) is 21.1. The summed E-state index contributed by atoms with van der Waals surface area (Å²) in [5, 5.41) is 9.58. The summed E-state index contributed by atoms with van der Waals surface area (Å²) in [7, 11) is 4.15. The first-order valence-corrected chi connectivity index (χ1v) is 15.7. The molecule has 10 heteroatoms. The first kappa shape index (κ1) is 28.7. The fourth-order valence-corrected chi connectivity index (χ4v) is 7.22. The van der Waals surface area contributed by atoms with Crippen LogP contribution in [0.4, 0.5) is 16.2 Å². The van der Waals surface area contributed by atoms with Crippen molar-refractivity contribution < 1.29 is 9.18 Å². The van der Waals surface area contributed by atoms with E-state index < -0.39 is 0 Å². The molecule has 1 aliphatic carbocycles. The van der Waals surface area contributed by atoms with Crippen molar-refractivity contribution >= 4 is 39.5 Å². The lowest BCUT2D eigenvalue weighted by Crippen LogP contribution is -2.59. The molecular weight excluding hydrogens is 555 g/mol. The van der Waals surface area contributed by atoms with E-state index in [1.165, 1.54) is 6.08 Å². The van der Waals surface area contributed by atoms with Crippen LogP contribution in [0, 0.1) is 19.7 Å². The highest BCUT2D eigenvalue weighted by Crippen LogP contribution is 2.47. The summed E-state index contributed by atoms with van der Waals surface area (Å²) < 4.78 is 17.2. The molecule has 1 amide bonds. The Morgan fingerprint density at radius 1 is 1.02 bits per heavy atom. The number of anilines is 2. The van der Waals surface area contributed by atoms with Crippen LogP contribution in [0.25, 0.3) is 32.9 Å². The molecule has 2 saturated heterocycles. The first-order valence-electron chi connectivity index (χ1n) is 15.7. The molecule has 2 aliphatic heterocycles. The highest BCUT2D eigenvalue weighted by molar-refractivity contribution is 6.03. The number of aromatic nitrogens is 4. The minimum atomic E-state index is -0.324. The Labute approximate surface area is 257 Å². The minimum Gasteiger partial charge on any atom is -0.352 e. The zero-order chi connectivity index (χ0) is 31.0. The van der Waals surface area contributed by atoms with Gasteiger partial charge in [0.25, 0.3) is 0 Å². The number of halogens is 1. The van der Waals surface area contributed by atoms with Crippen LogP contribution in [0.5, 0.6) is 0 Å². The van der Waals surface area contributed by atoms with Gasteiger partial charge < -0.3 is 19.6 Å². The third-order valence-corrected chi connectivity index (χ3v) is 9.81. The minimum absolute atomic E-state index is 0.0627. The molecule has 4 aromatic rings. The van der Waals surface area contributed by atoms with E-state index >= 15 is 4.39 Å². The highest BCUT2D eigenvalue weighted by atomic mass is 19.1. The van der Waals surface area contributed by atoms with Gasteiger partial charge >= 0.3 is 0 Å². The number of carbonyl (C=O) groups is 1. The number of likely N-dealkylation sites (N-methyl/N-ethyl adjacent to an activating group) is 1. The molecule has 2 aromatic heterocycles. The van der Waals surface area contributed by atoms with E-state index in [-0.39, 0.29) is 23.8 Å². The molecule has 0 spiro atoms. The molecule has 0 radical (unpaired) electrons. The SMILES string of the molecule is C=CC(=O)N1[C@H](C)CN(c2nc(N3CC(N(C)C)C3)nc3c(F)c(-c4c(C)ccc5n[nH]c(C6CC6)c45)c(C)cc23)C[C@@H]1C. The van der Waals surface area contributed by atoms with Crippen LogP contribution in [-0.4, -0.2) is 94.3 Å². The molecule has 0 bridgehead atoms. The molecule has 1 N–H and O–H groups in total. The number of hydrogen-bond acceptors (Lipinski definition) is 7. The van der Waals surface area contributed by atoms with E-state index in [1.54, 1.807) is 0 Å². The van der Waals surface area contributed by atoms with Crippen LogP contribution in [0.2, 0.25) is 0 Å². The lowest BCUT2D eigenvalue weighted by molar-refractivity contribution is -0.130. The van der Waals surface area contributed by atoms with E-state index in [0.717, 1.165) is 59.2 Å². The highest BCUT2D eigenvalue weighted by Gasteiger charge is 2.36. The van der Waals surface area contributed by atoms with Crippen molar-refractivity contribution in [2.75, 3.05) is 50.1 Å². The monoisotopic (exact) mass is 596 g/mol. The van der Waals surface area contributed by atoms with Crippen molar-refractivity contribution in [2.24, 2.45) is 0 Å². The molecule has 2 atom stereocenters. The summed E-state index contributed by atoms with van der Waals surface area (Å²) in [6.07, 6.45) is 3.62. The van der Waals surface area contributed by atoms with Crippen LogP contribution < -0.4 is 9.80 Å². The predicted octanol–water partition coefficient (Wildman–Crippen LogP) is 5.17. The van der Waals surface area contributed by atoms with Crippen LogP contribution >= 0.6 is 0 Å². The predicted molar refractivity (Wildman–Crippen MR) is 174 cm³/mol. The van der Waals surface area contributed by atoms with Gasteiger partial charge in [-0.15, -0.1) is 0 Å². The maximum atomic E-state index is 17.2. The van der Waals surface area contributed by atoms with Crippen molar-refractivity contribution in [3.05, 3.63) is 53.5 Å². The number of piperazine rings is 1. The Bertz CT molecular complexity index is 1790. The van der Waals surface area contributed by atoms with Gasteiger partial charge in [0.15, 0.2) is 5.82 Å². The molecule has 230 valence electrons. The van der Waals surface area contributed by atoms with E-state index in [4.69, 9.17) is 9.97 Å². The van der Waals surface area contributed by atoms with Crippen LogP contribution in [0.15, 0.2) is 30.9 Å². The number of fused-ring (bicyclic) bond motifs is 2. The fourth-order valence-electron chi connectivity index (χ4n) is 7.22. The van der Waals surface area contributed by atoms with E-state index in [1.807, 2.05) is 44.7 Å². The number of rotatable bonds is 6. The largest absolute Gasteiger partial charge is 0.352 e. The third kappa shape index (κ3) is 4.53. The summed E-state index contributed by atoms with van der Waals surface area (Å²) in [4.78, 5) is 31.1. The summed E-state index contributed by atoms with van der Waals surface area (Å²) in [5.74, 6) is 1.30. The van der Waals surface area contributed by atoms with Gasteiger partial charge in [0.1, 0.15) is 11.3 Å². The number of nitrogens with zero attached hydrogens (tertiary/aromatic N) is 7. The fraction of sp³-hybridized carbons (Fsp3) is 0.471. The second-order valence-electron chi connectivity index (χ2n) is 13.3. The number of aryl methyl sites for hydroxylation is 2. The molecule has 44 heavy (non-hydrogen) atoms. The van der Waals surface area contributed by atoms with Crippen LogP contribution in [0.1, 0.15) is 49.4 Å². The normalized spacial score (nSPS) is 21.0. The second-order valence-corrected chi connectivity index (χ2v) is 13.3. The van der Waals surface area contributed by atoms with Crippen LogP contribution in [0.3, 0.4) is 0 Å². The van der Waals surface area contributed by atoms with E-state index in [2.05, 4.69) is 51.6 Å². The van der Waals surface area contributed by atoms with Gasteiger partial charge in [-0.05, 0) is 89.5 Å². The zero-order valence-corrected chi connectivity index (χ0v) is 26.5. The molecule has 1 saturated carbocycles. The molecule has 9 nitrogen and oxygen atoms in total. The van der Waals surface area contributed by atoms with Crippen molar-refractivity contribution in [1.29, 1.82) is 0 Å². The number of amides is 1. The van der Waals surface area contributed by atoms with Gasteiger partial charge in [-0.3, -0.25) is 9.89 Å². The van der Waals surface area contributed by atoms with Gasteiger partial charge in [0, 0.05) is 72.3 Å². The molecular formula is C34H41FN8O. The number of hydrogen-bond donors (Lipinski definition) is 1. The van der Waals surface area contributed by atoms with Gasteiger partial charge in [0.05, 0.1) is 5.52 Å². The lowest BCUT2D eigenvalue weighted by atomic mass is 9.90. The van der Waals surface area contributed by atoms with E-state index in [9.17, 15) is 4.79 Å². The third-order valence-electron chi connectivity index (χ3n) is 9.81. The van der Waals surface area contributed by atoms with Crippen molar-refractivity contribution in [2.45, 2.75) is 64.6 Å². The maximum Gasteiger partial charge on any atom is 0.246 e. The average molecular weight is 597 g/mol. The Hall–Kier alpha value is -4.05. The average Bonchev–Trinajstić information content (AvgIpc) is 3.71. The molecule has 4 heterocycles. The Morgan fingerprint density at radius 2 is 1.73 bits per heavy atom. The molecule has 0 unspecified atom stereocenters. The smallest absolute Gasteiger partial charge is 0.246 e. The molecule has 7 rings (SSSR count). The summed E-state index contributed by atoms with van der Waals surface area (Å²) in [6.45, 7) is 14.5. The van der Waals surface area contributed by atoms with Crippen molar-refractivity contribution in [3.8, 4) is 11.1 Å². The zero-order valence-electron chi connectivity index (χ0n) is 26.5. The standard InChI is InChI=1S/C34H41FN8O/c1-8-26(44)43-20(4)14-41(15-21(43)5)33-24-13-19(3)28(27-18(2)9-12-25-29(27)31(39-38-25)22-10-11-22)30(35)32(24)36-34(37-33)42-16-23(17-42)40(6)7/h8-9,12-13,20-23H,1,10-11,14-17H2,2-7H3,(H,38,39)/t20-,21+. The molecule has 2 aromatic carbocycles. The van der Waals surface area contributed by atoms with Crippen LogP contribution in [-0.2, 0) is 4.79 Å². The van der Waals surface area contributed by atoms with Gasteiger partial charge in [0.2, 0.25) is 11.9 Å². The lowest BCUT2D eigenvalue weighted by Gasteiger charge is -2.45. The van der Waals surface area contributed by atoms with Gasteiger partial charge in [-0.1, -0.05) is 12.6 Å². The van der Waals surface area contributed by atoms with Crippen molar-refractivity contribution in [3.63, 3.8) is 0 Å². The Balaban J connectivity index is 1.41. The maximum absolute atomic E-state index is 17.2. The number of benzene rings is 2. The Morgan fingerprint density at radius 3 is 2.36 bits per heavy atom.